The number of rotatable bonds is 7. The van der Waals surface area contributed by atoms with Crippen molar-refractivity contribution in [1.82, 2.24) is 9.88 Å². The van der Waals surface area contributed by atoms with Crippen molar-refractivity contribution in [2.45, 2.75) is 13.5 Å². The normalized spacial score (nSPS) is 11.0. The van der Waals surface area contributed by atoms with Gasteiger partial charge in [-0.2, -0.15) is 0 Å². The number of benzene rings is 1. The molecule has 0 aliphatic carbocycles. The summed E-state index contributed by atoms with van der Waals surface area (Å²) in [6.45, 7) is 3.69. The molecule has 0 bridgehead atoms. The standard InChI is InChI=1S/C19H22N2O3S/c1-13-9-16-18(25-13)11-17(19(22)20-7-8-23-2)21(16)12-14-5-4-6-15(10-14)24-3/h4-6,9-11H,7-8,12H2,1-3H3,(H,20,22). The number of aryl methyl sites for hydroxylation is 1. The molecule has 0 aliphatic heterocycles. The molecular formula is C19H22N2O3S. The van der Waals surface area contributed by atoms with Crippen molar-refractivity contribution in [1.29, 1.82) is 0 Å². The fourth-order valence-electron chi connectivity index (χ4n) is 2.83. The third kappa shape index (κ3) is 3.86. The lowest BCUT2D eigenvalue weighted by Gasteiger charge is -2.12. The molecule has 2 aromatic heterocycles. The molecule has 0 saturated heterocycles. The summed E-state index contributed by atoms with van der Waals surface area (Å²) in [5.74, 6) is 0.731. The van der Waals surface area contributed by atoms with Crippen LogP contribution < -0.4 is 10.1 Å². The molecule has 3 rings (SSSR count). The molecule has 5 nitrogen and oxygen atoms in total. The topological polar surface area (TPSA) is 52.5 Å². The summed E-state index contributed by atoms with van der Waals surface area (Å²) in [5, 5.41) is 2.91. The van der Waals surface area contributed by atoms with Crippen LogP contribution in [-0.2, 0) is 11.3 Å². The number of thiophene rings is 1. The summed E-state index contributed by atoms with van der Waals surface area (Å²) in [6.07, 6.45) is 0. The third-order valence-corrected chi connectivity index (χ3v) is 5.00. The summed E-state index contributed by atoms with van der Waals surface area (Å²) < 4.78 is 13.5. The lowest BCUT2D eigenvalue weighted by molar-refractivity contribution is 0.0928. The van der Waals surface area contributed by atoms with Gasteiger partial charge in [0.2, 0.25) is 0 Å². The number of amides is 1. The van der Waals surface area contributed by atoms with Crippen LogP contribution in [0.15, 0.2) is 36.4 Å². The summed E-state index contributed by atoms with van der Waals surface area (Å²) in [6, 6.07) is 12.0. The highest BCUT2D eigenvalue weighted by Crippen LogP contribution is 2.29. The Balaban J connectivity index is 1.95. The van der Waals surface area contributed by atoms with Gasteiger partial charge in [0.1, 0.15) is 11.4 Å². The van der Waals surface area contributed by atoms with Gasteiger partial charge in [0.25, 0.3) is 5.91 Å². The number of nitrogens with one attached hydrogen (secondary N) is 1. The first-order valence-corrected chi connectivity index (χ1v) is 8.93. The zero-order chi connectivity index (χ0) is 17.8. The van der Waals surface area contributed by atoms with Crippen LogP contribution in [0.2, 0.25) is 0 Å². The van der Waals surface area contributed by atoms with E-state index < -0.39 is 0 Å². The zero-order valence-electron chi connectivity index (χ0n) is 14.7. The average Bonchev–Trinajstić information content (AvgIpc) is 3.12. The van der Waals surface area contributed by atoms with E-state index in [0.717, 1.165) is 21.5 Å². The van der Waals surface area contributed by atoms with Gasteiger partial charge in [-0.3, -0.25) is 4.79 Å². The smallest absolute Gasteiger partial charge is 0.268 e. The monoisotopic (exact) mass is 358 g/mol. The van der Waals surface area contributed by atoms with Gasteiger partial charge in [-0.15, -0.1) is 11.3 Å². The lowest BCUT2D eigenvalue weighted by atomic mass is 10.2. The molecule has 1 N–H and O–H groups in total. The van der Waals surface area contributed by atoms with Crippen molar-refractivity contribution in [2.24, 2.45) is 0 Å². The second-order valence-electron chi connectivity index (χ2n) is 5.82. The van der Waals surface area contributed by atoms with E-state index in [2.05, 4.69) is 22.9 Å². The summed E-state index contributed by atoms with van der Waals surface area (Å²) in [4.78, 5) is 13.8. The zero-order valence-corrected chi connectivity index (χ0v) is 15.5. The molecule has 0 spiro atoms. The van der Waals surface area contributed by atoms with Crippen molar-refractivity contribution in [3.63, 3.8) is 0 Å². The van der Waals surface area contributed by atoms with Crippen molar-refractivity contribution in [2.75, 3.05) is 27.4 Å². The first-order valence-electron chi connectivity index (χ1n) is 8.12. The number of hydrogen-bond acceptors (Lipinski definition) is 4. The Morgan fingerprint density at radius 1 is 1.24 bits per heavy atom. The van der Waals surface area contributed by atoms with E-state index in [1.165, 1.54) is 4.88 Å². The minimum absolute atomic E-state index is 0.0824. The molecule has 0 fully saturated rings. The number of methoxy groups -OCH3 is 2. The highest BCUT2D eigenvalue weighted by Gasteiger charge is 2.17. The molecule has 0 saturated carbocycles. The quantitative estimate of drug-likeness (QED) is 0.658. The van der Waals surface area contributed by atoms with Gasteiger partial charge in [0, 0.05) is 25.1 Å². The van der Waals surface area contributed by atoms with Crippen molar-refractivity contribution >= 4 is 27.5 Å². The first kappa shape index (κ1) is 17.5. The van der Waals surface area contributed by atoms with Gasteiger partial charge in [0.05, 0.1) is 23.9 Å². The molecular weight excluding hydrogens is 336 g/mol. The molecule has 1 amide bonds. The van der Waals surface area contributed by atoms with E-state index in [1.807, 2.05) is 30.3 Å². The maximum Gasteiger partial charge on any atom is 0.268 e. The molecule has 6 heteroatoms. The molecule has 0 unspecified atom stereocenters. The van der Waals surface area contributed by atoms with Gasteiger partial charge >= 0.3 is 0 Å². The second-order valence-corrected chi connectivity index (χ2v) is 7.11. The summed E-state index contributed by atoms with van der Waals surface area (Å²) in [7, 11) is 3.28. The van der Waals surface area contributed by atoms with Crippen LogP contribution in [0.3, 0.4) is 0 Å². The summed E-state index contributed by atoms with van der Waals surface area (Å²) in [5.41, 5.74) is 2.84. The lowest BCUT2D eigenvalue weighted by Crippen LogP contribution is -2.29. The average molecular weight is 358 g/mol. The van der Waals surface area contributed by atoms with E-state index in [9.17, 15) is 4.79 Å². The first-order chi connectivity index (χ1) is 12.1. The number of carbonyl (C=O) groups excluding carboxylic acids is 1. The third-order valence-electron chi connectivity index (χ3n) is 4.01. The van der Waals surface area contributed by atoms with E-state index >= 15 is 0 Å². The van der Waals surface area contributed by atoms with Crippen molar-refractivity contribution in [3.8, 4) is 5.75 Å². The molecule has 132 valence electrons. The van der Waals surface area contributed by atoms with Crippen molar-refractivity contribution in [3.05, 3.63) is 52.5 Å². The number of ether oxygens (including phenoxy) is 2. The van der Waals surface area contributed by atoms with E-state index in [4.69, 9.17) is 9.47 Å². The Bertz CT molecular complexity index is 882. The molecule has 0 atom stereocenters. The van der Waals surface area contributed by atoms with Crippen molar-refractivity contribution < 1.29 is 14.3 Å². The maximum absolute atomic E-state index is 12.6. The molecule has 3 aromatic rings. The number of carbonyl (C=O) groups is 1. The number of aromatic nitrogens is 1. The van der Waals surface area contributed by atoms with Crippen LogP contribution in [0.25, 0.3) is 10.2 Å². The largest absolute Gasteiger partial charge is 0.497 e. The van der Waals surface area contributed by atoms with E-state index in [-0.39, 0.29) is 5.91 Å². The Morgan fingerprint density at radius 3 is 2.84 bits per heavy atom. The predicted octanol–water partition coefficient (Wildman–Crippen LogP) is 3.44. The van der Waals surface area contributed by atoms with Crippen LogP contribution >= 0.6 is 11.3 Å². The maximum atomic E-state index is 12.6. The number of nitrogens with zero attached hydrogens (tertiary/aromatic N) is 1. The van der Waals surface area contributed by atoms with E-state index in [0.29, 0.717) is 25.4 Å². The SMILES string of the molecule is COCCNC(=O)c1cc2sc(C)cc2n1Cc1cccc(OC)c1. The highest BCUT2D eigenvalue weighted by atomic mass is 32.1. The Hall–Kier alpha value is -2.31. The molecule has 0 radical (unpaired) electrons. The Morgan fingerprint density at radius 2 is 2.08 bits per heavy atom. The highest BCUT2D eigenvalue weighted by molar-refractivity contribution is 7.19. The van der Waals surface area contributed by atoms with Gasteiger partial charge in [-0.1, -0.05) is 12.1 Å². The van der Waals surface area contributed by atoms with Gasteiger partial charge in [-0.05, 0) is 36.8 Å². The van der Waals surface area contributed by atoms with Crippen LogP contribution in [0.5, 0.6) is 5.75 Å². The second kappa shape index (κ2) is 7.72. The van der Waals surface area contributed by atoms with Crippen LogP contribution in [0.4, 0.5) is 0 Å². The van der Waals surface area contributed by atoms with Gasteiger partial charge in [-0.25, -0.2) is 0 Å². The Kier molecular flexibility index (Phi) is 5.40. The Labute approximate surface area is 151 Å². The summed E-state index contributed by atoms with van der Waals surface area (Å²) >= 11 is 1.70. The van der Waals surface area contributed by atoms with Gasteiger partial charge in [0.15, 0.2) is 0 Å². The van der Waals surface area contributed by atoms with Crippen LogP contribution in [0.1, 0.15) is 20.9 Å². The predicted molar refractivity (Wildman–Crippen MR) is 101 cm³/mol. The minimum Gasteiger partial charge on any atom is -0.497 e. The fraction of sp³-hybridized carbons (Fsp3) is 0.316. The van der Waals surface area contributed by atoms with Gasteiger partial charge < -0.3 is 19.4 Å². The molecule has 2 heterocycles. The van der Waals surface area contributed by atoms with Crippen LogP contribution in [-0.4, -0.2) is 37.8 Å². The fourth-order valence-corrected chi connectivity index (χ4v) is 3.80. The minimum atomic E-state index is -0.0824. The number of fused-ring (bicyclic) bond motifs is 1. The molecule has 25 heavy (non-hydrogen) atoms. The molecule has 1 aromatic carbocycles. The van der Waals surface area contributed by atoms with Crippen LogP contribution in [0, 0.1) is 6.92 Å². The number of hydrogen-bond donors (Lipinski definition) is 1. The molecule has 0 aliphatic rings. The van der Waals surface area contributed by atoms with E-state index in [1.54, 1.807) is 25.6 Å².